The summed E-state index contributed by atoms with van der Waals surface area (Å²) in [6.07, 6.45) is -3.66. The summed E-state index contributed by atoms with van der Waals surface area (Å²) in [6.45, 7) is 0.451. The van der Waals surface area contributed by atoms with E-state index in [4.69, 9.17) is 0 Å². The number of carbonyl (C=O) groups is 1. The van der Waals surface area contributed by atoms with Crippen LogP contribution >= 0.6 is 0 Å². The summed E-state index contributed by atoms with van der Waals surface area (Å²) >= 11 is 0. The van der Waals surface area contributed by atoms with Crippen LogP contribution in [0.1, 0.15) is 23.1 Å². The first-order chi connectivity index (χ1) is 10.4. The fourth-order valence-corrected chi connectivity index (χ4v) is 2.00. The second kappa shape index (κ2) is 7.11. The van der Waals surface area contributed by atoms with Gasteiger partial charge in [0.05, 0.1) is 5.56 Å². The summed E-state index contributed by atoms with van der Waals surface area (Å²) in [6, 6.07) is 14.4. The molecule has 0 aromatic heterocycles. The van der Waals surface area contributed by atoms with Crippen molar-refractivity contribution in [2.45, 2.75) is 25.6 Å². The lowest BCUT2D eigenvalue weighted by atomic mass is 10.1. The van der Waals surface area contributed by atoms with Gasteiger partial charge in [-0.25, -0.2) is 0 Å². The van der Waals surface area contributed by atoms with Gasteiger partial charge in [0.1, 0.15) is 0 Å². The van der Waals surface area contributed by atoms with Crippen molar-refractivity contribution >= 4 is 5.91 Å². The molecule has 0 heterocycles. The van der Waals surface area contributed by atoms with E-state index >= 15 is 0 Å². The Morgan fingerprint density at radius 3 is 2.14 bits per heavy atom. The van der Waals surface area contributed by atoms with Gasteiger partial charge < -0.3 is 5.32 Å². The van der Waals surface area contributed by atoms with Crippen molar-refractivity contribution < 1.29 is 18.0 Å². The third-order valence-corrected chi connectivity index (χ3v) is 3.25. The van der Waals surface area contributed by atoms with Crippen molar-refractivity contribution in [3.63, 3.8) is 0 Å². The van der Waals surface area contributed by atoms with Gasteiger partial charge in [0.25, 0.3) is 0 Å². The SMILES string of the molecule is O=C(CCc1ccc(C(F)(F)F)cc1)NCc1ccccc1. The molecule has 2 aromatic carbocycles. The van der Waals surface area contributed by atoms with Gasteiger partial charge in [-0.1, -0.05) is 42.5 Å². The molecule has 0 spiro atoms. The van der Waals surface area contributed by atoms with E-state index in [-0.39, 0.29) is 12.3 Å². The summed E-state index contributed by atoms with van der Waals surface area (Å²) in [5.41, 5.74) is 1.04. The molecule has 2 nitrogen and oxygen atoms in total. The molecule has 1 amide bonds. The lowest BCUT2D eigenvalue weighted by Crippen LogP contribution is -2.22. The molecule has 0 radical (unpaired) electrons. The maximum Gasteiger partial charge on any atom is 0.416 e. The molecule has 0 aliphatic rings. The first-order valence-electron chi connectivity index (χ1n) is 6.92. The summed E-state index contributed by atoms with van der Waals surface area (Å²) < 4.78 is 37.3. The molecule has 1 N–H and O–H groups in total. The van der Waals surface area contributed by atoms with Crippen LogP contribution in [-0.2, 0) is 23.9 Å². The second-order valence-electron chi connectivity index (χ2n) is 4.96. The van der Waals surface area contributed by atoms with Crippen LogP contribution in [0.3, 0.4) is 0 Å². The van der Waals surface area contributed by atoms with E-state index in [1.165, 1.54) is 12.1 Å². The lowest BCUT2D eigenvalue weighted by Gasteiger charge is -2.08. The third-order valence-electron chi connectivity index (χ3n) is 3.25. The molecule has 2 rings (SSSR count). The van der Waals surface area contributed by atoms with E-state index < -0.39 is 11.7 Å². The number of hydrogen-bond acceptors (Lipinski definition) is 1. The number of rotatable bonds is 5. The Bertz CT molecular complexity index is 606. The molecule has 2 aromatic rings. The van der Waals surface area contributed by atoms with Crippen molar-refractivity contribution in [1.29, 1.82) is 0 Å². The zero-order valence-corrected chi connectivity index (χ0v) is 11.9. The van der Waals surface area contributed by atoms with E-state index in [0.717, 1.165) is 17.7 Å². The molecular formula is C17H16F3NO. The molecule has 0 fully saturated rings. The Morgan fingerprint density at radius 1 is 0.909 bits per heavy atom. The molecule has 5 heteroatoms. The summed E-state index contributed by atoms with van der Waals surface area (Å²) in [4.78, 5) is 11.7. The fraction of sp³-hybridized carbons (Fsp3) is 0.235. The maximum atomic E-state index is 12.4. The quantitative estimate of drug-likeness (QED) is 0.890. The average molecular weight is 307 g/mol. The molecule has 0 aliphatic heterocycles. The number of alkyl halides is 3. The second-order valence-corrected chi connectivity index (χ2v) is 4.96. The summed E-state index contributed by atoms with van der Waals surface area (Å²) in [5.74, 6) is -0.122. The first kappa shape index (κ1) is 16.1. The third kappa shape index (κ3) is 4.91. The number of halogens is 3. The minimum absolute atomic E-state index is 0.122. The molecule has 0 atom stereocenters. The minimum atomic E-state index is -4.33. The smallest absolute Gasteiger partial charge is 0.352 e. The minimum Gasteiger partial charge on any atom is -0.352 e. The maximum absolute atomic E-state index is 12.4. The van der Waals surface area contributed by atoms with Gasteiger partial charge >= 0.3 is 6.18 Å². The molecule has 0 unspecified atom stereocenters. The highest BCUT2D eigenvalue weighted by atomic mass is 19.4. The van der Waals surface area contributed by atoms with E-state index in [2.05, 4.69) is 5.32 Å². The predicted molar refractivity (Wildman–Crippen MR) is 78.1 cm³/mol. The number of aryl methyl sites for hydroxylation is 1. The van der Waals surface area contributed by atoms with Crippen LogP contribution in [0.4, 0.5) is 13.2 Å². The molecule has 22 heavy (non-hydrogen) atoms. The van der Waals surface area contributed by atoms with E-state index in [9.17, 15) is 18.0 Å². The van der Waals surface area contributed by atoms with Crippen molar-refractivity contribution in [1.82, 2.24) is 5.32 Å². The molecule has 0 aliphatic carbocycles. The Hall–Kier alpha value is -2.30. The van der Waals surface area contributed by atoms with Gasteiger partial charge in [0, 0.05) is 13.0 Å². The Kier molecular flexibility index (Phi) is 5.20. The number of amides is 1. The van der Waals surface area contributed by atoms with Gasteiger partial charge in [0.2, 0.25) is 5.91 Å². The van der Waals surface area contributed by atoms with Crippen LogP contribution in [0.2, 0.25) is 0 Å². The fourth-order valence-electron chi connectivity index (χ4n) is 2.00. The summed E-state index contributed by atoms with van der Waals surface area (Å²) in [5, 5.41) is 2.79. The van der Waals surface area contributed by atoms with Crippen LogP contribution in [0, 0.1) is 0 Å². The normalized spacial score (nSPS) is 11.2. The van der Waals surface area contributed by atoms with Gasteiger partial charge in [-0.3, -0.25) is 4.79 Å². The van der Waals surface area contributed by atoms with Gasteiger partial charge in [0.15, 0.2) is 0 Å². The monoisotopic (exact) mass is 307 g/mol. The lowest BCUT2D eigenvalue weighted by molar-refractivity contribution is -0.137. The standard InChI is InChI=1S/C17H16F3NO/c18-17(19,20)15-9-6-13(7-10-15)8-11-16(22)21-12-14-4-2-1-3-5-14/h1-7,9-10H,8,11-12H2,(H,21,22). The van der Waals surface area contributed by atoms with Crippen molar-refractivity contribution in [3.8, 4) is 0 Å². The molecule has 0 saturated carbocycles. The number of benzene rings is 2. The van der Waals surface area contributed by atoms with Crippen LogP contribution in [0.25, 0.3) is 0 Å². The Morgan fingerprint density at radius 2 is 1.55 bits per heavy atom. The van der Waals surface area contributed by atoms with Gasteiger partial charge in [-0.2, -0.15) is 13.2 Å². The Balaban J connectivity index is 1.79. The van der Waals surface area contributed by atoms with Crippen LogP contribution in [-0.4, -0.2) is 5.91 Å². The molecular weight excluding hydrogens is 291 g/mol. The number of carbonyl (C=O) groups excluding carboxylic acids is 1. The predicted octanol–water partition coefficient (Wildman–Crippen LogP) is 3.95. The van der Waals surface area contributed by atoms with Gasteiger partial charge in [-0.15, -0.1) is 0 Å². The van der Waals surface area contributed by atoms with Crippen molar-refractivity contribution in [2.75, 3.05) is 0 Å². The zero-order valence-electron chi connectivity index (χ0n) is 11.9. The molecule has 0 saturated heterocycles. The van der Waals surface area contributed by atoms with Crippen LogP contribution in [0.15, 0.2) is 54.6 Å². The average Bonchev–Trinajstić information content (AvgIpc) is 2.51. The first-order valence-corrected chi connectivity index (χ1v) is 6.92. The van der Waals surface area contributed by atoms with Crippen LogP contribution in [0.5, 0.6) is 0 Å². The van der Waals surface area contributed by atoms with E-state index in [1.54, 1.807) is 0 Å². The van der Waals surface area contributed by atoms with Crippen LogP contribution < -0.4 is 5.32 Å². The molecule has 116 valence electrons. The number of hydrogen-bond donors (Lipinski definition) is 1. The summed E-state index contributed by atoms with van der Waals surface area (Å²) in [7, 11) is 0. The highest BCUT2D eigenvalue weighted by Crippen LogP contribution is 2.29. The van der Waals surface area contributed by atoms with Crippen molar-refractivity contribution in [2.24, 2.45) is 0 Å². The zero-order chi connectivity index (χ0) is 16.0. The van der Waals surface area contributed by atoms with E-state index in [0.29, 0.717) is 18.5 Å². The Labute approximate surface area is 127 Å². The highest BCUT2D eigenvalue weighted by molar-refractivity contribution is 5.76. The van der Waals surface area contributed by atoms with Crippen molar-refractivity contribution in [3.05, 3.63) is 71.3 Å². The largest absolute Gasteiger partial charge is 0.416 e. The van der Waals surface area contributed by atoms with E-state index in [1.807, 2.05) is 30.3 Å². The number of nitrogens with one attached hydrogen (secondary N) is 1. The topological polar surface area (TPSA) is 29.1 Å². The highest BCUT2D eigenvalue weighted by Gasteiger charge is 2.29. The molecule has 0 bridgehead atoms. The van der Waals surface area contributed by atoms with Gasteiger partial charge in [-0.05, 0) is 29.7 Å².